The molecule has 2 heteroatoms. The Labute approximate surface area is 102 Å². The monoisotopic (exact) mass is 224 g/mol. The third-order valence-corrected chi connectivity index (χ3v) is 3.39. The number of aryl methyl sites for hydroxylation is 2. The second-order valence-electron chi connectivity index (χ2n) is 4.62. The van der Waals surface area contributed by atoms with Gasteiger partial charge in [-0.3, -0.25) is 0 Å². The van der Waals surface area contributed by atoms with Crippen LogP contribution >= 0.6 is 0 Å². The summed E-state index contributed by atoms with van der Waals surface area (Å²) in [5.41, 5.74) is 7.49. The highest BCUT2D eigenvalue weighted by molar-refractivity contribution is 5.79. The quantitative estimate of drug-likeness (QED) is 0.707. The summed E-state index contributed by atoms with van der Waals surface area (Å²) in [6.45, 7) is 5.17. The molecule has 0 aliphatic carbocycles. The van der Waals surface area contributed by atoms with Gasteiger partial charge in [-0.2, -0.15) is 0 Å². The highest BCUT2D eigenvalue weighted by Gasteiger charge is 2.12. The molecule has 0 saturated heterocycles. The van der Waals surface area contributed by atoms with Crippen molar-refractivity contribution in [1.29, 1.82) is 0 Å². The summed E-state index contributed by atoms with van der Waals surface area (Å²) < 4.78 is 0. The fraction of sp³-hybridized carbons (Fsp3) is 0.200. The SMILES string of the molecule is Cc1cc2c(cc1C)Nc1ccccc1CN2. The van der Waals surface area contributed by atoms with Crippen LogP contribution in [0.15, 0.2) is 36.4 Å². The normalized spacial score (nSPS) is 12.8. The van der Waals surface area contributed by atoms with Gasteiger partial charge in [0.15, 0.2) is 0 Å². The van der Waals surface area contributed by atoms with E-state index >= 15 is 0 Å². The van der Waals surface area contributed by atoms with E-state index in [1.54, 1.807) is 0 Å². The van der Waals surface area contributed by atoms with Crippen molar-refractivity contribution in [3.05, 3.63) is 53.1 Å². The fourth-order valence-corrected chi connectivity index (χ4v) is 2.20. The van der Waals surface area contributed by atoms with Crippen LogP contribution in [-0.4, -0.2) is 0 Å². The molecule has 1 aliphatic rings. The maximum Gasteiger partial charge on any atom is 0.0623 e. The van der Waals surface area contributed by atoms with Gasteiger partial charge in [0.05, 0.1) is 11.4 Å². The number of rotatable bonds is 0. The summed E-state index contributed by atoms with van der Waals surface area (Å²) in [4.78, 5) is 0. The van der Waals surface area contributed by atoms with Crippen LogP contribution in [0.4, 0.5) is 17.1 Å². The summed E-state index contributed by atoms with van der Waals surface area (Å²) in [5, 5.41) is 7.00. The molecule has 2 nitrogen and oxygen atoms in total. The standard InChI is InChI=1S/C15H16N2/c1-10-7-14-15(8-11(10)2)17-13-6-4-3-5-12(13)9-16-14/h3-8,16-17H,9H2,1-2H3. The van der Waals surface area contributed by atoms with Gasteiger partial charge >= 0.3 is 0 Å². The topological polar surface area (TPSA) is 24.1 Å². The molecular formula is C15H16N2. The van der Waals surface area contributed by atoms with Crippen molar-refractivity contribution in [2.24, 2.45) is 0 Å². The highest BCUT2D eigenvalue weighted by Crippen LogP contribution is 2.33. The van der Waals surface area contributed by atoms with Crippen LogP contribution in [-0.2, 0) is 6.54 Å². The van der Waals surface area contributed by atoms with E-state index in [4.69, 9.17) is 0 Å². The Bertz CT molecular complexity index is 573. The first-order valence-corrected chi connectivity index (χ1v) is 5.94. The minimum absolute atomic E-state index is 0.874. The molecule has 0 atom stereocenters. The average molecular weight is 224 g/mol. The van der Waals surface area contributed by atoms with Gasteiger partial charge in [-0.05, 0) is 48.7 Å². The van der Waals surface area contributed by atoms with Crippen molar-refractivity contribution in [2.75, 3.05) is 10.6 Å². The lowest BCUT2D eigenvalue weighted by molar-refractivity contribution is 1.16. The zero-order valence-corrected chi connectivity index (χ0v) is 10.2. The predicted molar refractivity (Wildman–Crippen MR) is 73.0 cm³/mol. The van der Waals surface area contributed by atoms with Crippen LogP contribution < -0.4 is 10.6 Å². The summed E-state index contributed by atoms with van der Waals surface area (Å²) in [6.07, 6.45) is 0. The Hall–Kier alpha value is -1.96. The average Bonchev–Trinajstić information content (AvgIpc) is 2.49. The molecule has 86 valence electrons. The minimum Gasteiger partial charge on any atom is -0.379 e. The zero-order valence-electron chi connectivity index (χ0n) is 10.2. The molecular weight excluding hydrogens is 208 g/mol. The maximum absolute atomic E-state index is 3.51. The molecule has 0 spiro atoms. The van der Waals surface area contributed by atoms with E-state index in [9.17, 15) is 0 Å². The van der Waals surface area contributed by atoms with Gasteiger partial charge in [-0.25, -0.2) is 0 Å². The first kappa shape index (κ1) is 10.2. The van der Waals surface area contributed by atoms with Crippen molar-refractivity contribution < 1.29 is 0 Å². The van der Waals surface area contributed by atoms with E-state index in [2.05, 4.69) is 60.9 Å². The second kappa shape index (κ2) is 3.81. The predicted octanol–water partition coefficient (Wildman–Crippen LogP) is 3.97. The number of anilines is 3. The van der Waals surface area contributed by atoms with Crippen molar-refractivity contribution in [3.8, 4) is 0 Å². The molecule has 0 aromatic heterocycles. The second-order valence-corrected chi connectivity index (χ2v) is 4.62. The first-order valence-electron chi connectivity index (χ1n) is 5.94. The van der Waals surface area contributed by atoms with Gasteiger partial charge in [-0.15, -0.1) is 0 Å². The number of fused-ring (bicyclic) bond motifs is 2. The van der Waals surface area contributed by atoms with E-state index in [0.29, 0.717) is 0 Å². The number of nitrogens with one attached hydrogen (secondary N) is 2. The summed E-state index contributed by atoms with van der Waals surface area (Å²) in [5.74, 6) is 0. The molecule has 0 unspecified atom stereocenters. The van der Waals surface area contributed by atoms with Crippen LogP contribution in [0.1, 0.15) is 16.7 Å². The van der Waals surface area contributed by atoms with Crippen molar-refractivity contribution in [1.82, 2.24) is 0 Å². The van der Waals surface area contributed by atoms with Gasteiger partial charge in [0, 0.05) is 12.2 Å². The number of hydrogen-bond acceptors (Lipinski definition) is 2. The van der Waals surface area contributed by atoms with Crippen molar-refractivity contribution in [2.45, 2.75) is 20.4 Å². The van der Waals surface area contributed by atoms with Gasteiger partial charge in [-0.1, -0.05) is 18.2 Å². The summed E-state index contributed by atoms with van der Waals surface area (Å²) >= 11 is 0. The van der Waals surface area contributed by atoms with Crippen LogP contribution in [0.25, 0.3) is 0 Å². The number of para-hydroxylation sites is 1. The number of benzene rings is 2. The molecule has 2 N–H and O–H groups in total. The minimum atomic E-state index is 0.874. The lowest BCUT2D eigenvalue weighted by Gasteiger charge is -2.12. The van der Waals surface area contributed by atoms with Gasteiger partial charge < -0.3 is 10.6 Å². The lowest BCUT2D eigenvalue weighted by Crippen LogP contribution is -1.98. The van der Waals surface area contributed by atoms with E-state index in [1.165, 1.54) is 28.1 Å². The summed E-state index contributed by atoms with van der Waals surface area (Å²) in [6, 6.07) is 12.8. The first-order chi connectivity index (χ1) is 8.24. The molecule has 2 aromatic rings. The molecule has 0 amide bonds. The lowest BCUT2D eigenvalue weighted by atomic mass is 10.1. The van der Waals surface area contributed by atoms with Crippen molar-refractivity contribution >= 4 is 17.1 Å². The van der Waals surface area contributed by atoms with E-state index < -0.39 is 0 Å². The van der Waals surface area contributed by atoms with Crippen LogP contribution in [0, 0.1) is 13.8 Å². The molecule has 0 bridgehead atoms. The molecule has 1 aliphatic heterocycles. The van der Waals surface area contributed by atoms with Gasteiger partial charge in [0.25, 0.3) is 0 Å². The number of hydrogen-bond donors (Lipinski definition) is 2. The van der Waals surface area contributed by atoms with Gasteiger partial charge in [0.2, 0.25) is 0 Å². The maximum atomic E-state index is 3.51. The molecule has 1 heterocycles. The smallest absolute Gasteiger partial charge is 0.0623 e. The summed E-state index contributed by atoms with van der Waals surface area (Å²) in [7, 11) is 0. The third kappa shape index (κ3) is 1.76. The largest absolute Gasteiger partial charge is 0.379 e. The molecule has 3 rings (SSSR count). The highest BCUT2D eigenvalue weighted by atomic mass is 15.0. The van der Waals surface area contributed by atoms with E-state index in [0.717, 1.165) is 12.2 Å². The molecule has 0 saturated carbocycles. The Morgan fingerprint density at radius 3 is 2.41 bits per heavy atom. The zero-order chi connectivity index (χ0) is 11.8. The molecule has 0 fully saturated rings. The fourth-order valence-electron chi connectivity index (χ4n) is 2.20. The molecule has 2 aromatic carbocycles. The van der Waals surface area contributed by atoms with Crippen LogP contribution in [0.3, 0.4) is 0 Å². The van der Waals surface area contributed by atoms with E-state index in [1.807, 2.05) is 0 Å². The Balaban J connectivity index is 2.11. The van der Waals surface area contributed by atoms with Crippen molar-refractivity contribution in [3.63, 3.8) is 0 Å². The Morgan fingerprint density at radius 2 is 1.59 bits per heavy atom. The van der Waals surface area contributed by atoms with Crippen LogP contribution in [0.2, 0.25) is 0 Å². The third-order valence-electron chi connectivity index (χ3n) is 3.39. The van der Waals surface area contributed by atoms with Gasteiger partial charge in [0.1, 0.15) is 0 Å². The Kier molecular flexibility index (Phi) is 2.29. The molecule has 17 heavy (non-hydrogen) atoms. The van der Waals surface area contributed by atoms with Crippen LogP contribution in [0.5, 0.6) is 0 Å². The Morgan fingerprint density at radius 1 is 0.882 bits per heavy atom. The molecule has 0 radical (unpaired) electrons. The van der Waals surface area contributed by atoms with E-state index in [-0.39, 0.29) is 0 Å².